The van der Waals surface area contributed by atoms with Gasteiger partial charge in [0.25, 0.3) is 0 Å². The highest BCUT2D eigenvalue weighted by Gasteiger charge is 2.13. The van der Waals surface area contributed by atoms with Crippen molar-refractivity contribution in [2.45, 2.75) is 0 Å². The quantitative estimate of drug-likeness (QED) is 0.560. The third-order valence-electron chi connectivity index (χ3n) is 4.24. The number of nitrogens with one attached hydrogen (secondary N) is 2. The number of amides is 2. The van der Waals surface area contributed by atoms with E-state index in [0.29, 0.717) is 5.69 Å². The normalized spacial score (nSPS) is 10.6. The maximum Gasteiger partial charge on any atom is 0.318 e. The largest absolute Gasteiger partial charge is 0.341 e. The Morgan fingerprint density at radius 2 is 1.30 bits per heavy atom. The summed E-state index contributed by atoms with van der Waals surface area (Å²) in [5.41, 5.74) is 5.82. The first kappa shape index (κ1) is 16.7. The summed E-state index contributed by atoms with van der Waals surface area (Å²) in [5, 5.41) is 5.31. The standard InChI is InChI=1S/C22H18N4O/c1-23-22(27)24-17-12-13-18-19(14-17)26-21(16-10-6-3-7-11-16)20(25-18)15-8-4-2-5-9-15/h2-14H,1H3,(H2,23,24,27). The van der Waals surface area contributed by atoms with Crippen molar-refractivity contribution in [3.05, 3.63) is 78.9 Å². The molecule has 0 unspecified atom stereocenters. The highest BCUT2D eigenvalue weighted by atomic mass is 16.2. The number of benzene rings is 3. The third-order valence-corrected chi connectivity index (χ3v) is 4.24. The van der Waals surface area contributed by atoms with Crippen molar-refractivity contribution >= 4 is 22.8 Å². The van der Waals surface area contributed by atoms with Gasteiger partial charge in [-0.15, -0.1) is 0 Å². The average Bonchev–Trinajstić information content (AvgIpc) is 2.74. The van der Waals surface area contributed by atoms with E-state index in [9.17, 15) is 4.79 Å². The van der Waals surface area contributed by atoms with E-state index in [2.05, 4.69) is 10.6 Å². The summed E-state index contributed by atoms with van der Waals surface area (Å²) in [6.45, 7) is 0. The molecular weight excluding hydrogens is 336 g/mol. The van der Waals surface area contributed by atoms with Crippen LogP contribution in [0.5, 0.6) is 0 Å². The van der Waals surface area contributed by atoms with Gasteiger partial charge in [0.15, 0.2) is 0 Å². The molecule has 3 aromatic carbocycles. The van der Waals surface area contributed by atoms with Gasteiger partial charge in [0.05, 0.1) is 22.4 Å². The lowest BCUT2D eigenvalue weighted by Crippen LogP contribution is -2.24. The van der Waals surface area contributed by atoms with E-state index in [0.717, 1.165) is 33.5 Å². The first-order chi connectivity index (χ1) is 13.2. The SMILES string of the molecule is CNC(=O)Nc1ccc2nc(-c3ccccc3)c(-c3ccccc3)nc2c1. The van der Waals surface area contributed by atoms with Crippen molar-refractivity contribution in [3.63, 3.8) is 0 Å². The molecule has 4 rings (SSSR count). The first-order valence-electron chi connectivity index (χ1n) is 8.66. The van der Waals surface area contributed by atoms with Gasteiger partial charge >= 0.3 is 6.03 Å². The van der Waals surface area contributed by atoms with Crippen LogP contribution in [-0.2, 0) is 0 Å². The van der Waals surface area contributed by atoms with E-state index >= 15 is 0 Å². The molecular formula is C22H18N4O. The van der Waals surface area contributed by atoms with E-state index in [-0.39, 0.29) is 6.03 Å². The summed E-state index contributed by atoms with van der Waals surface area (Å²) in [6, 6.07) is 25.3. The molecule has 0 radical (unpaired) electrons. The lowest BCUT2D eigenvalue weighted by atomic mass is 10.0. The topological polar surface area (TPSA) is 66.9 Å². The number of rotatable bonds is 3. The number of carbonyl (C=O) groups excluding carboxylic acids is 1. The van der Waals surface area contributed by atoms with Gasteiger partial charge in [0.2, 0.25) is 0 Å². The van der Waals surface area contributed by atoms with E-state index < -0.39 is 0 Å². The number of nitrogens with zero attached hydrogens (tertiary/aromatic N) is 2. The molecule has 132 valence electrons. The molecule has 0 saturated carbocycles. The van der Waals surface area contributed by atoms with Crippen LogP contribution in [0.2, 0.25) is 0 Å². The average molecular weight is 354 g/mol. The number of aromatic nitrogens is 2. The molecule has 0 aliphatic rings. The van der Waals surface area contributed by atoms with Crippen molar-refractivity contribution in [1.82, 2.24) is 15.3 Å². The summed E-state index contributed by atoms with van der Waals surface area (Å²) in [5.74, 6) is 0. The number of fused-ring (bicyclic) bond motifs is 1. The maximum atomic E-state index is 11.6. The second-order valence-electron chi connectivity index (χ2n) is 6.06. The molecule has 27 heavy (non-hydrogen) atoms. The van der Waals surface area contributed by atoms with Crippen molar-refractivity contribution in [2.75, 3.05) is 12.4 Å². The van der Waals surface area contributed by atoms with Gasteiger partial charge in [-0.05, 0) is 18.2 Å². The number of urea groups is 1. The van der Waals surface area contributed by atoms with Crippen molar-refractivity contribution < 1.29 is 4.79 Å². The smallest absolute Gasteiger partial charge is 0.318 e. The van der Waals surface area contributed by atoms with Gasteiger partial charge in [-0.25, -0.2) is 14.8 Å². The third kappa shape index (κ3) is 3.48. The Balaban J connectivity index is 1.91. The van der Waals surface area contributed by atoms with Crippen LogP contribution in [-0.4, -0.2) is 23.0 Å². The summed E-state index contributed by atoms with van der Waals surface area (Å²) >= 11 is 0. The lowest BCUT2D eigenvalue weighted by molar-refractivity contribution is 0.254. The predicted octanol–water partition coefficient (Wildman–Crippen LogP) is 4.72. The van der Waals surface area contributed by atoms with Gasteiger partial charge in [-0.2, -0.15) is 0 Å². The number of hydrogen-bond donors (Lipinski definition) is 2. The minimum Gasteiger partial charge on any atom is -0.341 e. The Kier molecular flexibility index (Phi) is 4.49. The van der Waals surface area contributed by atoms with Crippen molar-refractivity contribution in [2.24, 2.45) is 0 Å². The molecule has 5 heteroatoms. The van der Waals surface area contributed by atoms with Gasteiger partial charge < -0.3 is 10.6 Å². The lowest BCUT2D eigenvalue weighted by Gasteiger charge is -2.11. The molecule has 0 fully saturated rings. The molecule has 5 nitrogen and oxygen atoms in total. The number of hydrogen-bond acceptors (Lipinski definition) is 3. The Hall–Kier alpha value is -3.73. The van der Waals surface area contributed by atoms with Crippen LogP contribution < -0.4 is 10.6 Å². The van der Waals surface area contributed by atoms with Crippen LogP contribution >= 0.6 is 0 Å². The van der Waals surface area contributed by atoms with E-state index in [1.807, 2.05) is 78.9 Å². The molecule has 0 aliphatic heterocycles. The molecule has 4 aromatic rings. The second-order valence-corrected chi connectivity index (χ2v) is 6.06. The van der Waals surface area contributed by atoms with Crippen LogP contribution in [0.4, 0.5) is 10.5 Å². The van der Waals surface area contributed by atoms with Gasteiger partial charge in [-0.1, -0.05) is 60.7 Å². The molecule has 0 saturated heterocycles. The van der Waals surface area contributed by atoms with Crippen LogP contribution in [0.15, 0.2) is 78.9 Å². The first-order valence-corrected chi connectivity index (χ1v) is 8.66. The zero-order chi connectivity index (χ0) is 18.6. The molecule has 1 aromatic heterocycles. The van der Waals surface area contributed by atoms with Gasteiger partial charge in [0, 0.05) is 23.9 Å². The van der Waals surface area contributed by atoms with Crippen LogP contribution in [0, 0.1) is 0 Å². The fourth-order valence-electron chi connectivity index (χ4n) is 2.92. The molecule has 0 spiro atoms. The molecule has 2 amide bonds. The minimum absolute atomic E-state index is 0.272. The van der Waals surface area contributed by atoms with Crippen LogP contribution in [0.1, 0.15) is 0 Å². The van der Waals surface area contributed by atoms with Gasteiger partial charge in [0.1, 0.15) is 0 Å². The number of anilines is 1. The minimum atomic E-state index is -0.272. The fourth-order valence-corrected chi connectivity index (χ4v) is 2.92. The molecule has 2 N–H and O–H groups in total. The number of carbonyl (C=O) groups is 1. The summed E-state index contributed by atoms with van der Waals surface area (Å²) in [7, 11) is 1.58. The molecule has 1 heterocycles. The Bertz CT molecular complexity index is 1100. The van der Waals surface area contributed by atoms with E-state index in [4.69, 9.17) is 9.97 Å². The Labute approximate surface area is 157 Å². The van der Waals surface area contributed by atoms with E-state index in [1.165, 1.54) is 0 Å². The highest BCUT2D eigenvalue weighted by molar-refractivity contribution is 5.93. The van der Waals surface area contributed by atoms with Crippen LogP contribution in [0.25, 0.3) is 33.5 Å². The highest BCUT2D eigenvalue weighted by Crippen LogP contribution is 2.31. The Morgan fingerprint density at radius 1 is 0.741 bits per heavy atom. The molecule has 0 bridgehead atoms. The second kappa shape index (κ2) is 7.25. The van der Waals surface area contributed by atoms with Gasteiger partial charge in [-0.3, -0.25) is 0 Å². The van der Waals surface area contributed by atoms with Crippen molar-refractivity contribution in [1.29, 1.82) is 0 Å². The maximum absolute atomic E-state index is 11.6. The molecule has 0 atom stereocenters. The summed E-state index contributed by atoms with van der Waals surface area (Å²) < 4.78 is 0. The Morgan fingerprint density at radius 3 is 1.85 bits per heavy atom. The van der Waals surface area contributed by atoms with E-state index in [1.54, 1.807) is 7.05 Å². The zero-order valence-corrected chi connectivity index (χ0v) is 14.8. The monoisotopic (exact) mass is 354 g/mol. The fraction of sp³-hybridized carbons (Fsp3) is 0.0455. The van der Waals surface area contributed by atoms with Crippen molar-refractivity contribution in [3.8, 4) is 22.5 Å². The molecule has 0 aliphatic carbocycles. The van der Waals surface area contributed by atoms with Crippen LogP contribution in [0.3, 0.4) is 0 Å². The zero-order valence-electron chi connectivity index (χ0n) is 14.8. The predicted molar refractivity (Wildman–Crippen MR) is 108 cm³/mol. The summed E-state index contributed by atoms with van der Waals surface area (Å²) in [4.78, 5) is 21.3. The summed E-state index contributed by atoms with van der Waals surface area (Å²) in [6.07, 6.45) is 0.